The van der Waals surface area contributed by atoms with Crippen molar-refractivity contribution in [1.29, 1.82) is 0 Å². The number of pyridine rings is 3. The summed E-state index contributed by atoms with van der Waals surface area (Å²) in [5.74, 6) is 0.700. The summed E-state index contributed by atoms with van der Waals surface area (Å²) in [6, 6.07) is 17.4. The summed E-state index contributed by atoms with van der Waals surface area (Å²) in [6.45, 7) is 0. The van der Waals surface area contributed by atoms with E-state index in [1.54, 1.807) is 37.1 Å². The maximum absolute atomic E-state index is 10.1. The lowest BCUT2D eigenvalue weighted by Gasteiger charge is -2.04. The molecule has 5 aromatic rings. The Kier molecular flexibility index (Phi) is 4.61. The second kappa shape index (κ2) is 7.72. The first-order valence-electron chi connectivity index (χ1n) is 9.65. The molecule has 7 heteroatoms. The molecule has 0 atom stereocenters. The predicted molar refractivity (Wildman–Crippen MR) is 120 cm³/mol. The molecule has 0 radical (unpaired) electrons. The SMILES string of the molecule is Nc1ncc(-c2nc(-c3cccc(-c4ccncc4)c3)[nH]c2-c2ccncc2)cc1O. The molecule has 7 nitrogen and oxygen atoms in total. The first-order chi connectivity index (χ1) is 15.2. The molecule has 4 aromatic heterocycles. The normalized spacial score (nSPS) is 10.8. The van der Waals surface area contributed by atoms with E-state index in [9.17, 15) is 5.11 Å². The van der Waals surface area contributed by atoms with Crippen LogP contribution in [-0.4, -0.2) is 30.0 Å². The third kappa shape index (κ3) is 3.60. The molecule has 0 amide bonds. The predicted octanol–water partition coefficient (Wildman–Crippen LogP) is 4.55. The third-order valence-corrected chi connectivity index (χ3v) is 4.99. The van der Waals surface area contributed by atoms with Crippen LogP contribution in [0.5, 0.6) is 5.75 Å². The van der Waals surface area contributed by atoms with E-state index in [0.717, 1.165) is 27.9 Å². The van der Waals surface area contributed by atoms with Gasteiger partial charge in [0.25, 0.3) is 0 Å². The second-order valence-corrected chi connectivity index (χ2v) is 6.99. The molecule has 4 N–H and O–H groups in total. The van der Waals surface area contributed by atoms with Crippen molar-refractivity contribution in [2.75, 3.05) is 5.73 Å². The van der Waals surface area contributed by atoms with Gasteiger partial charge in [0.1, 0.15) is 5.82 Å². The van der Waals surface area contributed by atoms with Gasteiger partial charge < -0.3 is 15.8 Å². The fraction of sp³-hybridized carbons (Fsp3) is 0. The number of benzene rings is 1. The highest BCUT2D eigenvalue weighted by Crippen LogP contribution is 2.35. The number of anilines is 1. The molecule has 0 fully saturated rings. The Morgan fingerprint density at radius 2 is 1.42 bits per heavy atom. The summed E-state index contributed by atoms with van der Waals surface area (Å²) in [7, 11) is 0. The van der Waals surface area contributed by atoms with Gasteiger partial charge in [0.15, 0.2) is 11.6 Å². The van der Waals surface area contributed by atoms with Crippen molar-refractivity contribution in [3.63, 3.8) is 0 Å². The molecular weight excluding hydrogens is 388 g/mol. The van der Waals surface area contributed by atoms with E-state index in [1.807, 2.05) is 42.5 Å². The van der Waals surface area contributed by atoms with Gasteiger partial charge in [-0.15, -0.1) is 0 Å². The highest BCUT2D eigenvalue weighted by Gasteiger charge is 2.17. The van der Waals surface area contributed by atoms with Crippen LogP contribution in [0.2, 0.25) is 0 Å². The average Bonchev–Trinajstić information content (AvgIpc) is 3.28. The smallest absolute Gasteiger partial charge is 0.165 e. The van der Waals surface area contributed by atoms with Crippen molar-refractivity contribution < 1.29 is 5.11 Å². The van der Waals surface area contributed by atoms with Gasteiger partial charge in [-0.2, -0.15) is 0 Å². The van der Waals surface area contributed by atoms with Crippen LogP contribution in [0.25, 0.3) is 45.0 Å². The molecule has 0 saturated carbocycles. The van der Waals surface area contributed by atoms with Crippen LogP contribution in [0, 0.1) is 0 Å². The largest absolute Gasteiger partial charge is 0.504 e. The third-order valence-electron chi connectivity index (χ3n) is 4.99. The monoisotopic (exact) mass is 406 g/mol. The van der Waals surface area contributed by atoms with E-state index in [1.165, 1.54) is 0 Å². The Bertz CT molecular complexity index is 1350. The number of aromatic nitrogens is 5. The van der Waals surface area contributed by atoms with Crippen LogP contribution in [-0.2, 0) is 0 Å². The topological polar surface area (TPSA) is 114 Å². The molecule has 0 spiro atoms. The van der Waals surface area contributed by atoms with Crippen LogP contribution in [0.4, 0.5) is 5.82 Å². The van der Waals surface area contributed by atoms with E-state index in [2.05, 4.69) is 26.0 Å². The molecule has 5 rings (SSSR count). The van der Waals surface area contributed by atoms with Crippen LogP contribution in [0.15, 0.2) is 85.6 Å². The minimum atomic E-state index is -0.0811. The van der Waals surface area contributed by atoms with Gasteiger partial charge in [0.05, 0.1) is 11.4 Å². The summed E-state index contributed by atoms with van der Waals surface area (Å²) in [5, 5.41) is 10.1. The number of nitrogens with zero attached hydrogens (tertiary/aromatic N) is 4. The Labute approximate surface area is 178 Å². The quantitative estimate of drug-likeness (QED) is 0.403. The molecule has 1 aromatic carbocycles. The van der Waals surface area contributed by atoms with Crippen molar-refractivity contribution in [1.82, 2.24) is 24.9 Å². The Morgan fingerprint density at radius 3 is 2.13 bits per heavy atom. The van der Waals surface area contributed by atoms with Gasteiger partial charge in [-0.3, -0.25) is 9.97 Å². The summed E-state index contributed by atoms with van der Waals surface area (Å²) < 4.78 is 0. The number of hydrogen-bond donors (Lipinski definition) is 3. The minimum absolute atomic E-state index is 0.0787. The van der Waals surface area contributed by atoms with Crippen molar-refractivity contribution in [2.45, 2.75) is 0 Å². The highest BCUT2D eigenvalue weighted by atomic mass is 16.3. The Hall–Kier alpha value is -4.52. The first kappa shape index (κ1) is 18.5. The van der Waals surface area contributed by atoms with Gasteiger partial charge in [-0.25, -0.2) is 9.97 Å². The Balaban J connectivity index is 1.66. The number of nitrogen functional groups attached to an aromatic ring is 1. The van der Waals surface area contributed by atoms with Gasteiger partial charge in [0, 0.05) is 47.7 Å². The van der Waals surface area contributed by atoms with Crippen LogP contribution in [0.1, 0.15) is 0 Å². The summed E-state index contributed by atoms with van der Waals surface area (Å²) >= 11 is 0. The van der Waals surface area contributed by atoms with Gasteiger partial charge >= 0.3 is 0 Å². The average molecular weight is 406 g/mol. The van der Waals surface area contributed by atoms with Gasteiger partial charge in [-0.1, -0.05) is 18.2 Å². The highest BCUT2D eigenvalue weighted by molar-refractivity contribution is 5.82. The first-order valence-corrected chi connectivity index (χ1v) is 9.65. The van der Waals surface area contributed by atoms with Gasteiger partial charge in [-0.05, 0) is 47.5 Å². The van der Waals surface area contributed by atoms with Crippen LogP contribution >= 0.6 is 0 Å². The van der Waals surface area contributed by atoms with E-state index in [0.29, 0.717) is 17.1 Å². The molecule has 0 aliphatic carbocycles. The van der Waals surface area contributed by atoms with Crippen molar-refractivity contribution in [3.05, 3.63) is 85.6 Å². The van der Waals surface area contributed by atoms with Crippen LogP contribution in [0.3, 0.4) is 0 Å². The maximum atomic E-state index is 10.1. The van der Waals surface area contributed by atoms with Crippen molar-refractivity contribution in [3.8, 4) is 50.8 Å². The number of nitrogens with one attached hydrogen (secondary N) is 1. The van der Waals surface area contributed by atoms with Crippen molar-refractivity contribution in [2.24, 2.45) is 0 Å². The van der Waals surface area contributed by atoms with Crippen LogP contribution < -0.4 is 5.73 Å². The lowest BCUT2D eigenvalue weighted by Crippen LogP contribution is -1.92. The number of nitrogens with two attached hydrogens (primary N) is 1. The molecular formula is C24H18N6O. The number of aromatic amines is 1. The minimum Gasteiger partial charge on any atom is -0.504 e. The zero-order chi connectivity index (χ0) is 21.2. The molecule has 150 valence electrons. The van der Waals surface area contributed by atoms with Crippen molar-refractivity contribution >= 4 is 5.82 Å². The number of hydrogen-bond acceptors (Lipinski definition) is 6. The molecule has 4 heterocycles. The number of imidazole rings is 1. The summed E-state index contributed by atoms with van der Waals surface area (Å²) in [4.78, 5) is 20.6. The molecule has 0 aliphatic heterocycles. The summed E-state index contributed by atoms with van der Waals surface area (Å²) in [6.07, 6.45) is 8.60. The summed E-state index contributed by atoms with van der Waals surface area (Å²) in [5.41, 5.74) is 11.8. The van der Waals surface area contributed by atoms with E-state index >= 15 is 0 Å². The number of aromatic hydroxyl groups is 1. The zero-order valence-electron chi connectivity index (χ0n) is 16.4. The maximum Gasteiger partial charge on any atom is 0.165 e. The number of rotatable bonds is 4. The Morgan fingerprint density at radius 1 is 0.742 bits per heavy atom. The molecule has 0 saturated heterocycles. The number of H-pyrrole nitrogens is 1. The van der Waals surface area contributed by atoms with Gasteiger partial charge in [0.2, 0.25) is 0 Å². The molecule has 0 unspecified atom stereocenters. The van der Waals surface area contributed by atoms with E-state index in [-0.39, 0.29) is 11.6 Å². The molecule has 31 heavy (non-hydrogen) atoms. The molecule has 0 bridgehead atoms. The fourth-order valence-corrected chi connectivity index (χ4v) is 3.43. The zero-order valence-corrected chi connectivity index (χ0v) is 16.4. The van der Waals surface area contributed by atoms with E-state index in [4.69, 9.17) is 10.7 Å². The standard InChI is InChI=1S/C24H18N6O/c25-23-20(31)13-19(14-28-23)22-21(16-6-10-27-11-7-16)29-24(30-22)18-3-1-2-17(12-18)15-4-8-26-9-5-15/h1-14,31H,(H2,25,28)(H,29,30). The fourth-order valence-electron chi connectivity index (χ4n) is 3.43. The van der Waals surface area contributed by atoms with E-state index < -0.39 is 0 Å². The molecule has 0 aliphatic rings. The lowest BCUT2D eigenvalue weighted by atomic mass is 10.0. The lowest BCUT2D eigenvalue weighted by molar-refractivity contribution is 0.476. The second-order valence-electron chi connectivity index (χ2n) is 6.99.